The Morgan fingerprint density at radius 1 is 1.25 bits per heavy atom. The number of hydrogen-bond acceptors (Lipinski definition) is 3. The Bertz CT molecular complexity index is 367. The SMILES string of the molecule is CCCC1CC(C)C2C3CC(C(=O)OCCO)C(C3)C12. The van der Waals surface area contributed by atoms with Crippen LogP contribution in [0.15, 0.2) is 0 Å². The second-order valence-electron chi connectivity index (χ2n) is 7.31. The molecule has 3 aliphatic carbocycles. The van der Waals surface area contributed by atoms with Crippen LogP contribution in [0.4, 0.5) is 0 Å². The van der Waals surface area contributed by atoms with Crippen LogP contribution in [-0.2, 0) is 9.53 Å². The molecular weight excluding hydrogens is 252 g/mol. The fourth-order valence-corrected chi connectivity index (χ4v) is 5.96. The molecule has 0 aromatic carbocycles. The van der Waals surface area contributed by atoms with Gasteiger partial charge in [-0.3, -0.25) is 4.79 Å². The van der Waals surface area contributed by atoms with Crippen LogP contribution in [0.2, 0.25) is 0 Å². The van der Waals surface area contributed by atoms with Crippen molar-refractivity contribution in [3.05, 3.63) is 0 Å². The summed E-state index contributed by atoms with van der Waals surface area (Å²) in [4.78, 5) is 12.2. The average Bonchev–Trinajstić information content (AvgIpc) is 3.09. The lowest BCUT2D eigenvalue weighted by atomic mass is 9.71. The largest absolute Gasteiger partial charge is 0.463 e. The Kier molecular flexibility index (Phi) is 4.07. The van der Waals surface area contributed by atoms with E-state index in [1.807, 2.05) is 0 Å². The van der Waals surface area contributed by atoms with Gasteiger partial charge in [-0.05, 0) is 54.8 Å². The number of aliphatic hydroxyl groups excluding tert-OH is 1. The van der Waals surface area contributed by atoms with Crippen molar-refractivity contribution in [1.82, 2.24) is 0 Å². The summed E-state index contributed by atoms with van der Waals surface area (Å²) in [6, 6.07) is 0. The molecule has 3 fully saturated rings. The number of aliphatic hydroxyl groups is 1. The van der Waals surface area contributed by atoms with Crippen molar-refractivity contribution < 1.29 is 14.6 Å². The Labute approximate surface area is 122 Å². The van der Waals surface area contributed by atoms with Crippen LogP contribution >= 0.6 is 0 Å². The zero-order valence-corrected chi connectivity index (χ0v) is 12.8. The first kappa shape index (κ1) is 14.4. The van der Waals surface area contributed by atoms with Gasteiger partial charge in [0.05, 0.1) is 12.5 Å². The molecule has 0 heterocycles. The maximum atomic E-state index is 12.2. The molecule has 0 aliphatic heterocycles. The van der Waals surface area contributed by atoms with Gasteiger partial charge in [0.15, 0.2) is 0 Å². The molecule has 20 heavy (non-hydrogen) atoms. The van der Waals surface area contributed by atoms with E-state index in [2.05, 4.69) is 13.8 Å². The highest BCUT2D eigenvalue weighted by Gasteiger charge is 2.60. The topological polar surface area (TPSA) is 46.5 Å². The van der Waals surface area contributed by atoms with Crippen LogP contribution in [0.25, 0.3) is 0 Å². The third-order valence-electron chi connectivity index (χ3n) is 6.31. The average molecular weight is 280 g/mol. The van der Waals surface area contributed by atoms with Gasteiger partial charge in [-0.25, -0.2) is 0 Å². The number of carbonyl (C=O) groups is 1. The summed E-state index contributed by atoms with van der Waals surface area (Å²) >= 11 is 0. The van der Waals surface area contributed by atoms with Crippen LogP contribution in [-0.4, -0.2) is 24.3 Å². The Morgan fingerprint density at radius 2 is 2.05 bits per heavy atom. The molecule has 3 rings (SSSR count). The van der Waals surface area contributed by atoms with Crippen LogP contribution < -0.4 is 0 Å². The fraction of sp³-hybridized carbons (Fsp3) is 0.941. The number of hydrogen-bond donors (Lipinski definition) is 1. The summed E-state index contributed by atoms with van der Waals surface area (Å²) in [6.07, 6.45) is 6.25. The molecular formula is C17H28O3. The van der Waals surface area contributed by atoms with E-state index in [1.54, 1.807) is 0 Å². The molecule has 3 heteroatoms. The van der Waals surface area contributed by atoms with Gasteiger partial charge in [0.2, 0.25) is 0 Å². The molecule has 114 valence electrons. The second kappa shape index (κ2) is 5.67. The van der Waals surface area contributed by atoms with Gasteiger partial charge in [0, 0.05) is 0 Å². The number of ether oxygens (including phenoxy) is 1. The summed E-state index contributed by atoms with van der Waals surface area (Å²) in [7, 11) is 0. The van der Waals surface area contributed by atoms with Crippen LogP contribution in [0.3, 0.4) is 0 Å². The highest BCUT2D eigenvalue weighted by atomic mass is 16.5. The number of rotatable bonds is 5. The maximum Gasteiger partial charge on any atom is 0.309 e. The van der Waals surface area contributed by atoms with Crippen molar-refractivity contribution in [1.29, 1.82) is 0 Å². The summed E-state index contributed by atoms with van der Waals surface area (Å²) in [5.41, 5.74) is 0. The summed E-state index contributed by atoms with van der Waals surface area (Å²) in [5.74, 6) is 4.74. The second-order valence-corrected chi connectivity index (χ2v) is 7.31. The van der Waals surface area contributed by atoms with Crippen molar-refractivity contribution in [3.8, 4) is 0 Å². The minimum Gasteiger partial charge on any atom is -0.463 e. The minimum atomic E-state index is -0.0614. The molecule has 2 bridgehead atoms. The fourth-order valence-electron chi connectivity index (χ4n) is 5.96. The Morgan fingerprint density at radius 3 is 2.75 bits per heavy atom. The first-order valence-electron chi connectivity index (χ1n) is 8.44. The van der Waals surface area contributed by atoms with Crippen molar-refractivity contribution >= 4 is 5.97 Å². The Hall–Kier alpha value is -0.570. The number of carbonyl (C=O) groups excluding carboxylic acids is 1. The van der Waals surface area contributed by atoms with E-state index in [0.717, 1.165) is 36.0 Å². The molecule has 0 saturated heterocycles. The highest BCUT2D eigenvalue weighted by Crippen LogP contribution is 2.65. The molecule has 0 spiro atoms. The zero-order chi connectivity index (χ0) is 14.3. The molecule has 1 N–H and O–H groups in total. The molecule has 7 atom stereocenters. The summed E-state index contributed by atoms with van der Waals surface area (Å²) in [5, 5.41) is 8.81. The summed E-state index contributed by atoms with van der Waals surface area (Å²) < 4.78 is 5.21. The molecule has 3 nitrogen and oxygen atoms in total. The van der Waals surface area contributed by atoms with Crippen molar-refractivity contribution in [2.24, 2.45) is 41.4 Å². The third kappa shape index (κ3) is 2.18. The lowest BCUT2D eigenvalue weighted by Gasteiger charge is -2.34. The lowest BCUT2D eigenvalue weighted by molar-refractivity contribution is -0.152. The molecule has 0 radical (unpaired) electrons. The van der Waals surface area contributed by atoms with Gasteiger partial charge in [0.1, 0.15) is 6.61 Å². The van der Waals surface area contributed by atoms with E-state index >= 15 is 0 Å². The third-order valence-corrected chi connectivity index (χ3v) is 6.31. The van der Waals surface area contributed by atoms with E-state index in [1.165, 1.54) is 25.7 Å². The molecule has 7 unspecified atom stereocenters. The van der Waals surface area contributed by atoms with Crippen molar-refractivity contribution in [2.75, 3.05) is 13.2 Å². The van der Waals surface area contributed by atoms with Crippen molar-refractivity contribution in [2.45, 2.75) is 46.0 Å². The monoisotopic (exact) mass is 280 g/mol. The molecule has 0 aromatic heterocycles. The first-order valence-corrected chi connectivity index (χ1v) is 8.44. The first-order chi connectivity index (χ1) is 9.67. The van der Waals surface area contributed by atoms with Crippen molar-refractivity contribution in [3.63, 3.8) is 0 Å². The van der Waals surface area contributed by atoms with E-state index in [4.69, 9.17) is 9.84 Å². The van der Waals surface area contributed by atoms with Gasteiger partial charge in [0.25, 0.3) is 0 Å². The van der Waals surface area contributed by atoms with Gasteiger partial charge >= 0.3 is 5.97 Å². The molecule has 0 amide bonds. The van der Waals surface area contributed by atoms with E-state index in [9.17, 15) is 4.79 Å². The standard InChI is InChI=1S/C17H28O3/c1-3-4-11-7-10(2)15-12-8-13(16(11)15)14(9-12)17(19)20-6-5-18/h10-16,18H,3-9H2,1-2H3. The predicted molar refractivity (Wildman–Crippen MR) is 76.9 cm³/mol. The van der Waals surface area contributed by atoms with Gasteiger partial charge in [-0.2, -0.15) is 0 Å². The van der Waals surface area contributed by atoms with E-state index in [0.29, 0.717) is 5.92 Å². The predicted octanol–water partition coefficient (Wildman–Crippen LogP) is 2.87. The van der Waals surface area contributed by atoms with Crippen LogP contribution in [0, 0.1) is 41.4 Å². The molecule has 3 saturated carbocycles. The highest BCUT2D eigenvalue weighted by molar-refractivity contribution is 5.73. The number of fused-ring (bicyclic) bond motifs is 5. The Balaban J connectivity index is 1.71. The quantitative estimate of drug-likeness (QED) is 0.788. The zero-order valence-electron chi connectivity index (χ0n) is 12.8. The smallest absolute Gasteiger partial charge is 0.309 e. The lowest BCUT2D eigenvalue weighted by Crippen LogP contribution is -2.34. The minimum absolute atomic E-state index is 0.0419. The molecule has 3 aliphatic rings. The van der Waals surface area contributed by atoms with E-state index in [-0.39, 0.29) is 25.1 Å². The number of esters is 1. The van der Waals surface area contributed by atoms with Gasteiger partial charge in [-0.1, -0.05) is 26.7 Å². The normalized spacial score (nSPS) is 45.6. The van der Waals surface area contributed by atoms with E-state index < -0.39 is 0 Å². The van der Waals surface area contributed by atoms with Crippen LogP contribution in [0.5, 0.6) is 0 Å². The molecule has 0 aromatic rings. The van der Waals surface area contributed by atoms with Gasteiger partial charge in [-0.15, -0.1) is 0 Å². The maximum absolute atomic E-state index is 12.2. The summed E-state index contributed by atoms with van der Waals surface area (Å²) in [6.45, 7) is 4.80. The van der Waals surface area contributed by atoms with Gasteiger partial charge < -0.3 is 9.84 Å². The van der Waals surface area contributed by atoms with Crippen LogP contribution in [0.1, 0.15) is 46.0 Å².